The number of aryl methyl sites for hydroxylation is 1. The van der Waals surface area contributed by atoms with E-state index in [4.69, 9.17) is 11.6 Å². The largest absolute Gasteiger partial charge is 0.349 e. The van der Waals surface area contributed by atoms with E-state index in [2.05, 4.69) is 16.4 Å². The molecule has 1 aliphatic heterocycles. The number of nitrogens with one attached hydrogen (secondary N) is 1. The van der Waals surface area contributed by atoms with Gasteiger partial charge in [0.05, 0.1) is 11.1 Å². The van der Waals surface area contributed by atoms with E-state index in [1.54, 1.807) is 11.9 Å². The standard InChI is InChI=1S/C22H24ClN3O2/c1-3-21(27)25-19-6-4-5-14-16(11-24-12-17(14)19)15-9-13-7-8-22(28)26(2)20(13)10-18(15)23/h9-12,19H,3-8H2,1-2H3,(H,25,27). The van der Waals surface area contributed by atoms with Gasteiger partial charge in [0.15, 0.2) is 0 Å². The van der Waals surface area contributed by atoms with Crippen LogP contribution >= 0.6 is 11.6 Å². The zero-order chi connectivity index (χ0) is 19.8. The Labute approximate surface area is 170 Å². The summed E-state index contributed by atoms with van der Waals surface area (Å²) in [5.74, 6) is 0.173. The van der Waals surface area contributed by atoms with Crippen LogP contribution in [0.25, 0.3) is 11.1 Å². The van der Waals surface area contributed by atoms with Crippen molar-refractivity contribution in [2.75, 3.05) is 11.9 Å². The molecular weight excluding hydrogens is 374 g/mol. The number of rotatable bonds is 3. The van der Waals surface area contributed by atoms with Gasteiger partial charge in [-0.2, -0.15) is 0 Å². The van der Waals surface area contributed by atoms with E-state index in [9.17, 15) is 9.59 Å². The van der Waals surface area contributed by atoms with Crippen LogP contribution < -0.4 is 10.2 Å². The average molecular weight is 398 g/mol. The molecule has 0 saturated heterocycles. The number of benzene rings is 1. The zero-order valence-electron chi connectivity index (χ0n) is 16.2. The summed E-state index contributed by atoms with van der Waals surface area (Å²) in [6, 6.07) is 4.00. The molecule has 0 spiro atoms. The van der Waals surface area contributed by atoms with Crippen LogP contribution in [0.1, 0.15) is 55.3 Å². The number of hydrogen-bond donors (Lipinski definition) is 1. The van der Waals surface area contributed by atoms with E-state index in [0.29, 0.717) is 17.9 Å². The molecule has 6 heteroatoms. The average Bonchev–Trinajstić information content (AvgIpc) is 2.71. The quantitative estimate of drug-likeness (QED) is 0.843. The van der Waals surface area contributed by atoms with Gasteiger partial charge >= 0.3 is 0 Å². The third-order valence-electron chi connectivity index (χ3n) is 5.84. The molecule has 2 aliphatic rings. The Morgan fingerprint density at radius 1 is 1.25 bits per heavy atom. The monoisotopic (exact) mass is 397 g/mol. The molecule has 1 aromatic heterocycles. The van der Waals surface area contributed by atoms with Crippen molar-refractivity contribution in [1.82, 2.24) is 10.3 Å². The maximum absolute atomic E-state index is 12.0. The Balaban J connectivity index is 1.78. The van der Waals surface area contributed by atoms with Crippen LogP contribution in [-0.2, 0) is 22.4 Å². The SMILES string of the molecule is CCC(=O)NC1CCCc2c(-c3cc4c(cc3Cl)N(C)C(=O)CC4)cncc21. The van der Waals surface area contributed by atoms with Gasteiger partial charge in [-0.1, -0.05) is 18.5 Å². The second-order valence-corrected chi connectivity index (χ2v) is 7.94. The highest BCUT2D eigenvalue weighted by Gasteiger charge is 2.27. The Morgan fingerprint density at radius 3 is 2.86 bits per heavy atom. The smallest absolute Gasteiger partial charge is 0.227 e. The molecule has 2 amide bonds. The van der Waals surface area contributed by atoms with E-state index in [1.807, 2.05) is 25.4 Å². The van der Waals surface area contributed by atoms with Crippen LogP contribution in [0.5, 0.6) is 0 Å². The fourth-order valence-corrected chi connectivity index (χ4v) is 4.53. The molecule has 1 N–H and O–H groups in total. The molecule has 1 aliphatic carbocycles. The molecule has 1 atom stereocenters. The first-order chi connectivity index (χ1) is 13.5. The summed E-state index contributed by atoms with van der Waals surface area (Å²) < 4.78 is 0. The van der Waals surface area contributed by atoms with Crippen LogP contribution in [-0.4, -0.2) is 23.8 Å². The molecule has 146 valence electrons. The molecular formula is C22H24ClN3O2. The summed E-state index contributed by atoms with van der Waals surface area (Å²) in [7, 11) is 1.79. The van der Waals surface area contributed by atoms with Crippen LogP contribution in [0.15, 0.2) is 24.5 Å². The second kappa shape index (κ2) is 7.55. The zero-order valence-corrected chi connectivity index (χ0v) is 17.0. The lowest BCUT2D eigenvalue weighted by atomic mass is 9.84. The predicted molar refractivity (Wildman–Crippen MR) is 111 cm³/mol. The number of pyridine rings is 1. The number of carbonyl (C=O) groups is 2. The number of halogens is 1. The number of aromatic nitrogens is 1. The van der Waals surface area contributed by atoms with Gasteiger partial charge in [-0.3, -0.25) is 14.6 Å². The number of carbonyl (C=O) groups excluding carboxylic acids is 2. The molecule has 2 aromatic rings. The molecule has 0 radical (unpaired) electrons. The van der Waals surface area contributed by atoms with Crippen molar-refractivity contribution < 1.29 is 9.59 Å². The van der Waals surface area contributed by atoms with Crippen molar-refractivity contribution >= 4 is 29.1 Å². The summed E-state index contributed by atoms with van der Waals surface area (Å²) in [5.41, 5.74) is 6.30. The van der Waals surface area contributed by atoms with E-state index >= 15 is 0 Å². The van der Waals surface area contributed by atoms with Gasteiger partial charge in [0.25, 0.3) is 0 Å². The molecule has 4 rings (SSSR count). The van der Waals surface area contributed by atoms with Crippen molar-refractivity contribution in [3.63, 3.8) is 0 Å². The summed E-state index contributed by atoms with van der Waals surface area (Å²) >= 11 is 6.66. The van der Waals surface area contributed by atoms with Crippen molar-refractivity contribution in [3.05, 3.63) is 46.2 Å². The first-order valence-electron chi connectivity index (χ1n) is 9.85. The maximum Gasteiger partial charge on any atom is 0.227 e. The van der Waals surface area contributed by atoms with E-state index < -0.39 is 0 Å². The Bertz CT molecular complexity index is 957. The van der Waals surface area contributed by atoms with Gasteiger partial charge in [0, 0.05) is 49.1 Å². The minimum Gasteiger partial charge on any atom is -0.349 e. The fourth-order valence-electron chi connectivity index (χ4n) is 4.27. The van der Waals surface area contributed by atoms with Gasteiger partial charge in [-0.05, 0) is 54.5 Å². The van der Waals surface area contributed by atoms with Crippen molar-refractivity contribution in [1.29, 1.82) is 0 Å². The molecule has 1 aromatic carbocycles. The summed E-state index contributed by atoms with van der Waals surface area (Å²) in [6.45, 7) is 1.86. The topological polar surface area (TPSA) is 62.3 Å². The minimum atomic E-state index is 0.00353. The first kappa shape index (κ1) is 18.9. The third-order valence-corrected chi connectivity index (χ3v) is 6.16. The normalized spacial score (nSPS) is 18.5. The van der Waals surface area contributed by atoms with Crippen LogP contribution in [0.3, 0.4) is 0 Å². The van der Waals surface area contributed by atoms with Crippen LogP contribution in [0.4, 0.5) is 5.69 Å². The van der Waals surface area contributed by atoms with Crippen LogP contribution in [0.2, 0.25) is 5.02 Å². The predicted octanol–water partition coefficient (Wildman–Crippen LogP) is 4.21. The van der Waals surface area contributed by atoms with Crippen LogP contribution in [0, 0.1) is 0 Å². The summed E-state index contributed by atoms with van der Waals surface area (Å²) in [4.78, 5) is 30.1. The van der Waals surface area contributed by atoms with Gasteiger partial charge in [0.1, 0.15) is 0 Å². The molecule has 28 heavy (non-hydrogen) atoms. The molecule has 1 unspecified atom stereocenters. The van der Waals surface area contributed by atoms with Crippen molar-refractivity contribution in [2.45, 2.75) is 51.5 Å². The third kappa shape index (κ3) is 3.28. The lowest BCUT2D eigenvalue weighted by Gasteiger charge is -2.29. The maximum atomic E-state index is 12.0. The first-order valence-corrected chi connectivity index (χ1v) is 10.2. The highest BCUT2D eigenvalue weighted by Crippen LogP contribution is 2.41. The van der Waals surface area contributed by atoms with Gasteiger partial charge < -0.3 is 10.2 Å². The number of anilines is 1. The minimum absolute atomic E-state index is 0.00353. The number of nitrogens with zero attached hydrogens (tertiary/aromatic N) is 2. The van der Waals surface area contributed by atoms with E-state index in [-0.39, 0.29) is 17.9 Å². The number of hydrogen-bond acceptors (Lipinski definition) is 3. The van der Waals surface area contributed by atoms with Gasteiger partial charge in [0.2, 0.25) is 11.8 Å². The Hall–Kier alpha value is -2.40. The Morgan fingerprint density at radius 2 is 2.07 bits per heavy atom. The summed E-state index contributed by atoms with van der Waals surface area (Å²) in [5, 5.41) is 3.74. The van der Waals surface area contributed by atoms with Crippen molar-refractivity contribution in [2.24, 2.45) is 0 Å². The van der Waals surface area contributed by atoms with Gasteiger partial charge in [-0.15, -0.1) is 0 Å². The molecule has 2 heterocycles. The van der Waals surface area contributed by atoms with Crippen molar-refractivity contribution in [3.8, 4) is 11.1 Å². The molecule has 0 fully saturated rings. The highest BCUT2D eigenvalue weighted by atomic mass is 35.5. The molecule has 0 bridgehead atoms. The molecule has 5 nitrogen and oxygen atoms in total. The lowest BCUT2D eigenvalue weighted by Crippen LogP contribution is -2.31. The highest BCUT2D eigenvalue weighted by molar-refractivity contribution is 6.34. The fraction of sp³-hybridized carbons (Fsp3) is 0.409. The molecule has 0 saturated carbocycles. The van der Waals surface area contributed by atoms with E-state index in [0.717, 1.165) is 53.6 Å². The van der Waals surface area contributed by atoms with Gasteiger partial charge in [-0.25, -0.2) is 0 Å². The number of fused-ring (bicyclic) bond motifs is 2. The number of amides is 2. The second-order valence-electron chi connectivity index (χ2n) is 7.53. The lowest BCUT2D eigenvalue weighted by molar-refractivity contribution is -0.121. The summed E-state index contributed by atoms with van der Waals surface area (Å²) in [6.07, 6.45) is 8.33. The van der Waals surface area contributed by atoms with E-state index in [1.165, 1.54) is 5.56 Å². The Kier molecular flexibility index (Phi) is 5.11.